The SMILES string of the molecule is C/C(=C\C=C/NC(=O)OC(C)(C)C)c1ccccc1-c1cccn1C(=O)OC(C)(C)C. The molecule has 6 nitrogen and oxygen atoms in total. The van der Waals surface area contributed by atoms with Gasteiger partial charge in [0.25, 0.3) is 0 Å². The number of hydrogen-bond acceptors (Lipinski definition) is 4. The topological polar surface area (TPSA) is 69.6 Å². The van der Waals surface area contributed by atoms with E-state index in [1.165, 1.54) is 10.8 Å². The number of rotatable bonds is 4. The van der Waals surface area contributed by atoms with E-state index in [0.29, 0.717) is 0 Å². The first-order valence-electron chi connectivity index (χ1n) is 10.2. The molecule has 6 heteroatoms. The molecular weight excluding hydrogens is 392 g/mol. The van der Waals surface area contributed by atoms with Gasteiger partial charge in [-0.2, -0.15) is 0 Å². The second-order valence-electron chi connectivity index (χ2n) is 9.14. The highest BCUT2D eigenvalue weighted by Gasteiger charge is 2.21. The first-order chi connectivity index (χ1) is 14.4. The maximum Gasteiger partial charge on any atom is 0.418 e. The molecule has 2 aromatic rings. The lowest BCUT2D eigenvalue weighted by atomic mass is 9.98. The summed E-state index contributed by atoms with van der Waals surface area (Å²) >= 11 is 0. The lowest BCUT2D eigenvalue weighted by Gasteiger charge is -2.21. The highest BCUT2D eigenvalue weighted by molar-refractivity contribution is 5.85. The summed E-state index contributed by atoms with van der Waals surface area (Å²) in [6.45, 7) is 12.9. The zero-order valence-corrected chi connectivity index (χ0v) is 19.4. The maximum absolute atomic E-state index is 12.6. The Hall–Kier alpha value is -3.28. The maximum atomic E-state index is 12.6. The molecular formula is C25H32N2O4. The van der Waals surface area contributed by atoms with Gasteiger partial charge in [0.1, 0.15) is 11.2 Å². The van der Waals surface area contributed by atoms with Crippen LogP contribution in [0.4, 0.5) is 9.59 Å². The van der Waals surface area contributed by atoms with E-state index in [-0.39, 0.29) is 0 Å². The summed E-state index contributed by atoms with van der Waals surface area (Å²) < 4.78 is 12.2. The number of aromatic nitrogens is 1. The van der Waals surface area contributed by atoms with Crippen LogP contribution in [0.5, 0.6) is 0 Å². The molecule has 1 N–H and O–H groups in total. The number of allylic oxidation sites excluding steroid dienone is 3. The van der Waals surface area contributed by atoms with Crippen LogP contribution >= 0.6 is 0 Å². The van der Waals surface area contributed by atoms with Gasteiger partial charge in [0.15, 0.2) is 0 Å². The van der Waals surface area contributed by atoms with Crippen LogP contribution in [0, 0.1) is 0 Å². The average molecular weight is 425 g/mol. The minimum absolute atomic E-state index is 0.426. The molecule has 0 radical (unpaired) electrons. The number of nitrogens with zero attached hydrogens (tertiary/aromatic N) is 1. The zero-order valence-electron chi connectivity index (χ0n) is 19.4. The van der Waals surface area contributed by atoms with Crippen molar-refractivity contribution in [1.82, 2.24) is 9.88 Å². The number of ether oxygens (including phenoxy) is 2. The Kier molecular flexibility index (Phi) is 7.50. The van der Waals surface area contributed by atoms with Crippen molar-refractivity contribution in [3.63, 3.8) is 0 Å². The fraction of sp³-hybridized carbons (Fsp3) is 0.360. The van der Waals surface area contributed by atoms with E-state index in [1.807, 2.05) is 90.9 Å². The molecule has 0 bridgehead atoms. The van der Waals surface area contributed by atoms with Crippen molar-refractivity contribution in [3.8, 4) is 11.3 Å². The molecule has 0 saturated carbocycles. The Morgan fingerprint density at radius 1 is 0.935 bits per heavy atom. The standard InChI is InChI=1S/C25H32N2O4/c1-18(12-10-16-26-22(28)30-24(2,3)4)19-13-8-9-14-20(19)21-15-11-17-27(21)23(29)31-25(5,6)7/h8-17H,1-7H3,(H,26,28)/b16-10-,18-12+. The largest absolute Gasteiger partial charge is 0.444 e. The van der Waals surface area contributed by atoms with E-state index < -0.39 is 23.4 Å². The lowest BCUT2D eigenvalue weighted by Crippen LogP contribution is -2.29. The number of benzene rings is 1. The summed E-state index contributed by atoms with van der Waals surface area (Å²) in [6, 6.07) is 11.5. The van der Waals surface area contributed by atoms with E-state index in [9.17, 15) is 9.59 Å². The fourth-order valence-corrected chi connectivity index (χ4v) is 2.83. The molecule has 0 aliphatic heterocycles. The predicted molar refractivity (Wildman–Crippen MR) is 124 cm³/mol. The molecule has 31 heavy (non-hydrogen) atoms. The summed E-state index contributed by atoms with van der Waals surface area (Å²) in [5.74, 6) is 0. The molecule has 1 aromatic carbocycles. The van der Waals surface area contributed by atoms with Crippen molar-refractivity contribution < 1.29 is 19.1 Å². The van der Waals surface area contributed by atoms with Crippen LogP contribution in [0.15, 0.2) is 60.9 Å². The molecule has 0 aliphatic carbocycles. The third kappa shape index (κ3) is 7.48. The number of hydrogen-bond donors (Lipinski definition) is 1. The van der Waals surface area contributed by atoms with Crippen molar-refractivity contribution in [2.75, 3.05) is 0 Å². The molecule has 0 atom stereocenters. The van der Waals surface area contributed by atoms with Crippen molar-refractivity contribution in [3.05, 3.63) is 66.5 Å². The fourth-order valence-electron chi connectivity index (χ4n) is 2.83. The van der Waals surface area contributed by atoms with Gasteiger partial charge in [0, 0.05) is 18.0 Å². The smallest absolute Gasteiger partial charge is 0.418 e. The summed E-state index contributed by atoms with van der Waals surface area (Å²) in [4.78, 5) is 24.4. The van der Waals surface area contributed by atoms with E-state index in [1.54, 1.807) is 12.3 Å². The summed E-state index contributed by atoms with van der Waals surface area (Å²) in [6.07, 6.45) is 5.92. The van der Waals surface area contributed by atoms with E-state index in [2.05, 4.69) is 5.32 Å². The Bertz CT molecular complexity index is 985. The normalized spacial score (nSPS) is 12.7. The molecule has 1 heterocycles. The van der Waals surface area contributed by atoms with Gasteiger partial charge < -0.3 is 9.47 Å². The van der Waals surface area contributed by atoms with Crippen molar-refractivity contribution in [2.45, 2.75) is 59.7 Å². The molecule has 0 unspecified atom stereocenters. The molecule has 0 aliphatic rings. The van der Waals surface area contributed by atoms with E-state index in [0.717, 1.165) is 22.4 Å². The van der Waals surface area contributed by atoms with Gasteiger partial charge in [-0.15, -0.1) is 0 Å². The number of carbonyl (C=O) groups is 2. The zero-order chi connectivity index (χ0) is 23.2. The second-order valence-corrected chi connectivity index (χ2v) is 9.14. The number of nitrogens with one attached hydrogen (secondary N) is 1. The number of carbonyl (C=O) groups excluding carboxylic acids is 2. The van der Waals surface area contributed by atoms with Crippen molar-refractivity contribution in [1.29, 1.82) is 0 Å². The molecule has 166 valence electrons. The molecule has 0 saturated heterocycles. The number of amides is 1. The van der Waals surface area contributed by atoms with Crippen LogP contribution in [0.3, 0.4) is 0 Å². The third-order valence-electron chi connectivity index (χ3n) is 4.01. The highest BCUT2D eigenvalue weighted by atomic mass is 16.6. The van der Waals surface area contributed by atoms with Crippen LogP contribution in [-0.4, -0.2) is 28.0 Å². The molecule has 1 aromatic heterocycles. The second kappa shape index (κ2) is 9.69. The quantitative estimate of drug-likeness (QED) is 0.578. The van der Waals surface area contributed by atoms with Gasteiger partial charge in [0.2, 0.25) is 0 Å². The molecule has 2 rings (SSSR count). The first kappa shape index (κ1) is 24.0. The average Bonchev–Trinajstić information content (AvgIpc) is 3.12. The summed E-state index contributed by atoms with van der Waals surface area (Å²) in [7, 11) is 0. The predicted octanol–water partition coefficient (Wildman–Crippen LogP) is 6.38. The summed E-state index contributed by atoms with van der Waals surface area (Å²) in [5.41, 5.74) is 2.45. The molecule has 0 spiro atoms. The Morgan fingerprint density at radius 3 is 2.23 bits per heavy atom. The minimum Gasteiger partial charge on any atom is -0.444 e. The molecule has 1 amide bonds. The van der Waals surface area contributed by atoms with Crippen LogP contribution in [0.1, 0.15) is 54.0 Å². The van der Waals surface area contributed by atoms with E-state index >= 15 is 0 Å². The Morgan fingerprint density at radius 2 is 1.58 bits per heavy atom. The lowest BCUT2D eigenvalue weighted by molar-refractivity contribution is 0.0533. The van der Waals surface area contributed by atoms with Gasteiger partial charge in [-0.3, -0.25) is 9.88 Å². The van der Waals surface area contributed by atoms with Crippen LogP contribution in [0.25, 0.3) is 16.8 Å². The highest BCUT2D eigenvalue weighted by Crippen LogP contribution is 2.29. The van der Waals surface area contributed by atoms with Crippen LogP contribution in [0.2, 0.25) is 0 Å². The first-order valence-corrected chi connectivity index (χ1v) is 10.2. The van der Waals surface area contributed by atoms with Gasteiger partial charge in [-0.1, -0.05) is 30.3 Å². The van der Waals surface area contributed by atoms with Gasteiger partial charge in [-0.25, -0.2) is 9.59 Å². The van der Waals surface area contributed by atoms with Crippen LogP contribution < -0.4 is 5.32 Å². The van der Waals surface area contributed by atoms with Gasteiger partial charge >= 0.3 is 12.2 Å². The van der Waals surface area contributed by atoms with Crippen molar-refractivity contribution in [2.24, 2.45) is 0 Å². The number of alkyl carbamates (subject to hydrolysis) is 1. The Balaban J connectivity index is 2.24. The van der Waals surface area contributed by atoms with Crippen LogP contribution in [-0.2, 0) is 9.47 Å². The summed E-state index contributed by atoms with van der Waals surface area (Å²) in [5, 5.41) is 2.58. The van der Waals surface area contributed by atoms with E-state index in [4.69, 9.17) is 9.47 Å². The third-order valence-corrected chi connectivity index (χ3v) is 4.01. The van der Waals surface area contributed by atoms with Gasteiger partial charge in [-0.05, 0) is 77.8 Å². The Labute approximate surface area is 184 Å². The molecule has 0 fully saturated rings. The van der Waals surface area contributed by atoms with Gasteiger partial charge in [0.05, 0.1) is 5.69 Å². The monoisotopic (exact) mass is 424 g/mol. The minimum atomic E-state index is -0.583. The van der Waals surface area contributed by atoms with Crippen molar-refractivity contribution >= 4 is 17.8 Å².